The second kappa shape index (κ2) is 7.72. The normalized spacial score (nSPS) is 17.1. The van der Waals surface area contributed by atoms with E-state index in [1.54, 1.807) is 0 Å². The van der Waals surface area contributed by atoms with Gasteiger partial charge in [-0.05, 0) is 45.2 Å². The smallest absolute Gasteiger partial charge is 0.223 e. The van der Waals surface area contributed by atoms with Crippen LogP contribution in [0.4, 0.5) is 0 Å². The third-order valence-corrected chi connectivity index (χ3v) is 5.02. The number of hydrogen-bond acceptors (Lipinski definition) is 3. The third kappa shape index (κ3) is 3.86. The molecule has 0 saturated carbocycles. The number of amides is 1. The van der Waals surface area contributed by atoms with Crippen molar-refractivity contribution in [2.75, 3.05) is 13.2 Å². The van der Waals surface area contributed by atoms with Gasteiger partial charge in [-0.25, -0.2) is 0 Å². The van der Waals surface area contributed by atoms with Gasteiger partial charge in [-0.15, -0.1) is 0 Å². The zero-order valence-electron chi connectivity index (χ0n) is 15.4. The van der Waals surface area contributed by atoms with Gasteiger partial charge >= 0.3 is 0 Å². The highest BCUT2D eigenvalue weighted by Crippen LogP contribution is 2.35. The van der Waals surface area contributed by atoms with Crippen LogP contribution in [0.2, 0.25) is 0 Å². The highest BCUT2D eigenvalue weighted by Gasteiger charge is 2.33. The molecule has 5 heteroatoms. The maximum absolute atomic E-state index is 12.7. The summed E-state index contributed by atoms with van der Waals surface area (Å²) >= 11 is 0. The summed E-state index contributed by atoms with van der Waals surface area (Å²) in [5.74, 6) is 1.08. The maximum Gasteiger partial charge on any atom is 0.223 e. The minimum Gasteiger partial charge on any atom is -0.494 e. The van der Waals surface area contributed by atoms with E-state index >= 15 is 0 Å². The number of ether oxygens (including phenoxy) is 1. The molecule has 1 aliphatic heterocycles. The van der Waals surface area contributed by atoms with Crippen LogP contribution in [0.3, 0.4) is 0 Å². The van der Waals surface area contributed by atoms with Gasteiger partial charge in [0.05, 0.1) is 18.3 Å². The first-order valence-corrected chi connectivity index (χ1v) is 9.05. The van der Waals surface area contributed by atoms with E-state index in [1.165, 1.54) is 5.56 Å². The number of carbonyl (C=O) groups is 1. The molecule has 1 saturated heterocycles. The Balaban J connectivity index is 1.56. The van der Waals surface area contributed by atoms with E-state index in [9.17, 15) is 4.79 Å². The number of carbonyl (C=O) groups excluding carboxylic acids is 1. The highest BCUT2D eigenvalue weighted by atomic mass is 16.5. The minimum absolute atomic E-state index is 0.177. The summed E-state index contributed by atoms with van der Waals surface area (Å²) in [7, 11) is 1.97. The summed E-state index contributed by atoms with van der Waals surface area (Å²) in [4.78, 5) is 14.8. The quantitative estimate of drug-likeness (QED) is 0.755. The Morgan fingerprint density at radius 2 is 2.04 bits per heavy atom. The molecule has 0 N–H and O–H groups in total. The highest BCUT2D eigenvalue weighted by molar-refractivity contribution is 5.77. The standard InChI is InChI=1S/C20H27N3O2/c1-15-20(16(2)22(3)21-15)18-11-7-13-23(18)19(24)12-8-14-25-17-9-5-4-6-10-17/h4-6,9-10,18H,7-8,11-14H2,1-3H3/t18-/m1/s1. The van der Waals surface area contributed by atoms with Crippen molar-refractivity contribution in [2.24, 2.45) is 7.05 Å². The number of nitrogens with zero attached hydrogens (tertiary/aromatic N) is 3. The Kier molecular flexibility index (Phi) is 5.41. The average Bonchev–Trinajstić information content (AvgIpc) is 3.17. The van der Waals surface area contributed by atoms with Crippen molar-refractivity contribution >= 4 is 5.91 Å². The number of likely N-dealkylation sites (tertiary alicyclic amines) is 1. The molecule has 0 radical (unpaired) electrons. The van der Waals surface area contributed by atoms with Crippen LogP contribution in [0.15, 0.2) is 30.3 Å². The van der Waals surface area contributed by atoms with Crippen LogP contribution >= 0.6 is 0 Å². The van der Waals surface area contributed by atoms with Crippen LogP contribution in [0, 0.1) is 13.8 Å². The number of para-hydroxylation sites is 1. The van der Waals surface area contributed by atoms with E-state index < -0.39 is 0 Å². The summed E-state index contributed by atoms with van der Waals surface area (Å²) in [5.41, 5.74) is 3.43. The lowest BCUT2D eigenvalue weighted by Gasteiger charge is -2.25. The third-order valence-electron chi connectivity index (χ3n) is 5.02. The molecule has 25 heavy (non-hydrogen) atoms. The van der Waals surface area contributed by atoms with E-state index in [2.05, 4.69) is 12.0 Å². The van der Waals surface area contributed by atoms with Gasteiger partial charge in [-0.2, -0.15) is 5.10 Å². The maximum atomic E-state index is 12.7. The van der Waals surface area contributed by atoms with E-state index in [4.69, 9.17) is 4.74 Å². The molecule has 1 aromatic carbocycles. The molecule has 0 bridgehead atoms. The molecule has 0 aliphatic carbocycles. The van der Waals surface area contributed by atoms with Gasteiger partial charge in [-0.1, -0.05) is 18.2 Å². The van der Waals surface area contributed by atoms with Crippen LogP contribution in [-0.2, 0) is 11.8 Å². The Morgan fingerprint density at radius 3 is 2.72 bits per heavy atom. The molecule has 2 heterocycles. The largest absolute Gasteiger partial charge is 0.494 e. The summed E-state index contributed by atoms with van der Waals surface area (Å²) in [6.45, 7) is 5.54. The molecule has 134 valence electrons. The minimum atomic E-state index is 0.177. The molecule has 1 amide bonds. The first kappa shape index (κ1) is 17.5. The van der Waals surface area contributed by atoms with Crippen LogP contribution < -0.4 is 4.74 Å². The lowest BCUT2D eigenvalue weighted by molar-refractivity contribution is -0.132. The van der Waals surface area contributed by atoms with Gasteiger partial charge in [0, 0.05) is 31.3 Å². The molecule has 1 atom stereocenters. The van der Waals surface area contributed by atoms with E-state index in [-0.39, 0.29) is 11.9 Å². The topological polar surface area (TPSA) is 47.4 Å². The summed E-state index contributed by atoms with van der Waals surface area (Å²) in [6.07, 6.45) is 3.36. The molecule has 1 aromatic heterocycles. The number of benzene rings is 1. The Morgan fingerprint density at radius 1 is 1.28 bits per heavy atom. The predicted octanol–water partition coefficient (Wildman–Crippen LogP) is 3.56. The molecule has 1 fully saturated rings. The van der Waals surface area contributed by atoms with Crippen molar-refractivity contribution in [1.82, 2.24) is 14.7 Å². The molecular weight excluding hydrogens is 314 g/mol. The average molecular weight is 341 g/mol. The van der Waals surface area contributed by atoms with Crippen molar-refractivity contribution in [3.8, 4) is 5.75 Å². The van der Waals surface area contributed by atoms with E-state index in [0.29, 0.717) is 13.0 Å². The van der Waals surface area contributed by atoms with Crippen LogP contribution in [0.5, 0.6) is 5.75 Å². The molecule has 2 aromatic rings. The lowest BCUT2D eigenvalue weighted by Crippen LogP contribution is -2.31. The zero-order valence-corrected chi connectivity index (χ0v) is 15.4. The van der Waals surface area contributed by atoms with Crippen molar-refractivity contribution in [1.29, 1.82) is 0 Å². The number of aryl methyl sites for hydroxylation is 2. The summed E-state index contributed by atoms with van der Waals surface area (Å²) in [5, 5.41) is 4.52. The summed E-state index contributed by atoms with van der Waals surface area (Å²) < 4.78 is 7.60. The van der Waals surface area contributed by atoms with Gasteiger partial charge < -0.3 is 9.64 Å². The summed E-state index contributed by atoms with van der Waals surface area (Å²) in [6, 6.07) is 9.92. The fourth-order valence-corrected chi connectivity index (χ4v) is 3.71. The first-order valence-electron chi connectivity index (χ1n) is 9.05. The fourth-order valence-electron chi connectivity index (χ4n) is 3.71. The lowest BCUT2D eigenvalue weighted by atomic mass is 10.0. The number of aromatic nitrogens is 2. The second-order valence-electron chi connectivity index (χ2n) is 6.72. The number of hydrogen-bond donors (Lipinski definition) is 0. The first-order chi connectivity index (χ1) is 12.1. The van der Waals surface area contributed by atoms with Gasteiger partial charge in [0.15, 0.2) is 0 Å². The molecule has 0 unspecified atom stereocenters. The molecule has 1 aliphatic rings. The van der Waals surface area contributed by atoms with Crippen LogP contribution in [0.25, 0.3) is 0 Å². The number of rotatable bonds is 6. The fraction of sp³-hybridized carbons (Fsp3) is 0.500. The Bertz CT molecular complexity index is 724. The van der Waals surface area contributed by atoms with Gasteiger partial charge in [0.2, 0.25) is 5.91 Å². The van der Waals surface area contributed by atoms with Crippen molar-refractivity contribution in [3.05, 3.63) is 47.3 Å². The van der Waals surface area contributed by atoms with Gasteiger partial charge in [0.25, 0.3) is 0 Å². The SMILES string of the molecule is Cc1nn(C)c(C)c1[C@H]1CCCN1C(=O)CCCOc1ccccc1. The van der Waals surface area contributed by atoms with Gasteiger partial charge in [0.1, 0.15) is 5.75 Å². The van der Waals surface area contributed by atoms with E-state index in [0.717, 1.165) is 42.9 Å². The Hall–Kier alpha value is -2.30. The van der Waals surface area contributed by atoms with Crippen LogP contribution in [-0.4, -0.2) is 33.7 Å². The van der Waals surface area contributed by atoms with Crippen molar-refractivity contribution in [2.45, 2.75) is 45.6 Å². The van der Waals surface area contributed by atoms with E-state index in [1.807, 2.05) is 53.9 Å². The van der Waals surface area contributed by atoms with Crippen LogP contribution in [0.1, 0.15) is 48.7 Å². The zero-order chi connectivity index (χ0) is 17.8. The predicted molar refractivity (Wildman–Crippen MR) is 97.5 cm³/mol. The molecule has 5 nitrogen and oxygen atoms in total. The molecule has 0 spiro atoms. The molecule has 3 rings (SSSR count). The van der Waals surface area contributed by atoms with Crippen molar-refractivity contribution in [3.63, 3.8) is 0 Å². The second-order valence-corrected chi connectivity index (χ2v) is 6.72. The Labute approximate surface area is 149 Å². The molecular formula is C20H27N3O2. The monoisotopic (exact) mass is 341 g/mol. The van der Waals surface area contributed by atoms with Gasteiger partial charge in [-0.3, -0.25) is 9.48 Å². The van der Waals surface area contributed by atoms with Crippen molar-refractivity contribution < 1.29 is 9.53 Å².